The largest absolute Gasteiger partial charge is 0.309 e. The molecule has 1 atom stereocenters. The van der Waals surface area contributed by atoms with Crippen molar-refractivity contribution in [2.24, 2.45) is 0 Å². The molecule has 0 fully saturated rings. The Morgan fingerprint density at radius 3 is 2.55 bits per heavy atom. The van der Waals surface area contributed by atoms with Crippen LogP contribution in [0.2, 0.25) is 0 Å². The Balaban J connectivity index is 2.16. The molecule has 0 radical (unpaired) electrons. The Morgan fingerprint density at radius 2 is 2.05 bits per heavy atom. The van der Waals surface area contributed by atoms with E-state index in [0.717, 1.165) is 20.3 Å². The molecule has 2 aromatic rings. The van der Waals surface area contributed by atoms with Gasteiger partial charge in [-0.05, 0) is 64.8 Å². The Kier molecular flexibility index (Phi) is 4.59. The smallest absolute Gasteiger partial charge is 0.250 e. The van der Waals surface area contributed by atoms with Gasteiger partial charge in [0.1, 0.15) is 11.9 Å². The highest BCUT2D eigenvalue weighted by molar-refractivity contribution is 9.10. The lowest BCUT2D eigenvalue weighted by Gasteiger charge is -2.14. The average molecular weight is 402 g/mol. The number of anilines is 1. The van der Waals surface area contributed by atoms with E-state index in [2.05, 4.69) is 47.3 Å². The van der Waals surface area contributed by atoms with Gasteiger partial charge in [0.15, 0.2) is 0 Å². The minimum Gasteiger partial charge on any atom is -0.309 e. The quantitative estimate of drug-likeness (QED) is 0.854. The molecule has 0 bridgehead atoms. The van der Waals surface area contributed by atoms with Crippen molar-refractivity contribution in [1.29, 1.82) is 0 Å². The van der Waals surface area contributed by atoms with Crippen LogP contribution in [0.3, 0.4) is 0 Å². The molecule has 0 aliphatic carbocycles. The zero-order chi connectivity index (χ0) is 14.9. The number of halogens is 2. The molecule has 1 amide bonds. The molecule has 0 aliphatic rings. The number of hydrogen-bond donors (Lipinski definition) is 1. The number of amides is 1. The molecule has 0 aromatic carbocycles. The van der Waals surface area contributed by atoms with Gasteiger partial charge in [-0.25, -0.2) is 4.98 Å². The maximum Gasteiger partial charge on any atom is 0.250 e. The number of nitrogens with zero attached hydrogens (tertiary/aromatic N) is 3. The minimum absolute atomic E-state index is 0.155. The molecular weight excluding hydrogens is 388 g/mol. The summed E-state index contributed by atoms with van der Waals surface area (Å²) < 4.78 is 3.50. The van der Waals surface area contributed by atoms with Gasteiger partial charge in [-0.1, -0.05) is 0 Å². The fourth-order valence-corrected chi connectivity index (χ4v) is 2.31. The lowest BCUT2D eigenvalue weighted by molar-refractivity contribution is -0.119. The molecule has 0 aliphatic heterocycles. The van der Waals surface area contributed by atoms with Crippen molar-refractivity contribution in [1.82, 2.24) is 14.8 Å². The summed E-state index contributed by atoms with van der Waals surface area (Å²) >= 11 is 6.76. The van der Waals surface area contributed by atoms with Crippen molar-refractivity contribution in [2.75, 3.05) is 5.32 Å². The number of pyridine rings is 1. The van der Waals surface area contributed by atoms with Crippen LogP contribution in [0.5, 0.6) is 0 Å². The highest BCUT2D eigenvalue weighted by Crippen LogP contribution is 2.23. The van der Waals surface area contributed by atoms with Crippen LogP contribution < -0.4 is 5.32 Å². The predicted octanol–water partition coefficient (Wildman–Crippen LogP) is 3.62. The molecular formula is C13H14Br2N4O. The van der Waals surface area contributed by atoms with Gasteiger partial charge in [-0.2, -0.15) is 5.10 Å². The number of aromatic nitrogens is 3. The molecule has 0 saturated carbocycles. The SMILES string of the molecule is Cc1nn(C(C)C(=O)Nc2ccc(Br)cn2)c(C)c1Br. The van der Waals surface area contributed by atoms with Crippen LogP contribution in [0, 0.1) is 13.8 Å². The van der Waals surface area contributed by atoms with E-state index in [9.17, 15) is 4.79 Å². The van der Waals surface area contributed by atoms with Crippen LogP contribution >= 0.6 is 31.9 Å². The van der Waals surface area contributed by atoms with Crippen molar-refractivity contribution in [3.05, 3.63) is 38.7 Å². The summed E-state index contributed by atoms with van der Waals surface area (Å²) in [5.41, 5.74) is 1.79. The van der Waals surface area contributed by atoms with E-state index in [0.29, 0.717) is 5.82 Å². The van der Waals surface area contributed by atoms with Crippen LogP contribution in [-0.2, 0) is 4.79 Å². The molecule has 2 heterocycles. The Bertz CT molecular complexity index is 637. The van der Waals surface area contributed by atoms with E-state index in [4.69, 9.17) is 0 Å². The number of aryl methyl sites for hydroxylation is 1. The summed E-state index contributed by atoms with van der Waals surface area (Å²) in [6.45, 7) is 5.63. The summed E-state index contributed by atoms with van der Waals surface area (Å²) in [6, 6.07) is 3.16. The molecule has 7 heteroatoms. The van der Waals surface area contributed by atoms with Crippen LogP contribution in [0.25, 0.3) is 0 Å². The predicted molar refractivity (Wildman–Crippen MR) is 84.7 cm³/mol. The van der Waals surface area contributed by atoms with Crippen molar-refractivity contribution in [2.45, 2.75) is 26.8 Å². The van der Waals surface area contributed by atoms with Crippen LogP contribution in [0.15, 0.2) is 27.3 Å². The van der Waals surface area contributed by atoms with E-state index < -0.39 is 6.04 Å². The van der Waals surface area contributed by atoms with Gasteiger partial charge in [0.2, 0.25) is 5.91 Å². The third-order valence-corrected chi connectivity index (χ3v) is 4.58. The van der Waals surface area contributed by atoms with Crippen LogP contribution in [0.1, 0.15) is 24.4 Å². The summed E-state index contributed by atoms with van der Waals surface area (Å²) in [6.07, 6.45) is 1.64. The molecule has 20 heavy (non-hydrogen) atoms. The molecule has 2 aromatic heterocycles. The number of hydrogen-bond acceptors (Lipinski definition) is 3. The van der Waals surface area contributed by atoms with Gasteiger partial charge in [-0.3, -0.25) is 9.48 Å². The van der Waals surface area contributed by atoms with Crippen molar-refractivity contribution in [3.63, 3.8) is 0 Å². The average Bonchev–Trinajstić information content (AvgIpc) is 2.68. The van der Waals surface area contributed by atoms with Crippen molar-refractivity contribution < 1.29 is 4.79 Å². The second-order valence-corrected chi connectivity index (χ2v) is 6.16. The molecule has 1 unspecified atom stereocenters. The fraction of sp³-hybridized carbons (Fsp3) is 0.308. The summed E-state index contributed by atoms with van der Waals surface area (Å²) in [4.78, 5) is 16.4. The third-order valence-electron chi connectivity index (χ3n) is 2.96. The maximum absolute atomic E-state index is 12.2. The maximum atomic E-state index is 12.2. The van der Waals surface area contributed by atoms with Crippen molar-refractivity contribution >= 4 is 43.6 Å². The molecule has 1 N–H and O–H groups in total. The first-order valence-electron chi connectivity index (χ1n) is 6.03. The van der Waals surface area contributed by atoms with Crippen LogP contribution in [-0.4, -0.2) is 20.7 Å². The number of carbonyl (C=O) groups is 1. The van der Waals surface area contributed by atoms with Gasteiger partial charge in [0.05, 0.1) is 15.9 Å². The zero-order valence-electron chi connectivity index (χ0n) is 11.3. The highest BCUT2D eigenvalue weighted by atomic mass is 79.9. The normalized spacial score (nSPS) is 12.2. The topological polar surface area (TPSA) is 59.8 Å². The van der Waals surface area contributed by atoms with Crippen LogP contribution in [0.4, 0.5) is 5.82 Å². The number of nitrogens with one attached hydrogen (secondary N) is 1. The van der Waals surface area contributed by atoms with Gasteiger partial charge < -0.3 is 5.32 Å². The molecule has 2 rings (SSSR count). The molecule has 0 spiro atoms. The second-order valence-electron chi connectivity index (χ2n) is 4.46. The summed E-state index contributed by atoms with van der Waals surface area (Å²) in [5, 5.41) is 7.14. The lowest BCUT2D eigenvalue weighted by Crippen LogP contribution is -2.25. The first-order chi connectivity index (χ1) is 9.40. The first-order valence-corrected chi connectivity index (χ1v) is 7.62. The minimum atomic E-state index is -0.412. The Labute approximate surface area is 134 Å². The third kappa shape index (κ3) is 3.09. The van der Waals surface area contributed by atoms with E-state index >= 15 is 0 Å². The standard InChI is InChI=1S/C13H14Br2N4O/c1-7-12(15)8(2)19(18-7)9(3)13(20)17-11-5-4-10(14)6-16-11/h4-6,9H,1-3H3,(H,16,17,20). The number of rotatable bonds is 3. The summed E-state index contributed by atoms with van der Waals surface area (Å²) in [7, 11) is 0. The van der Waals surface area contributed by atoms with Gasteiger partial charge >= 0.3 is 0 Å². The van der Waals surface area contributed by atoms with Gasteiger partial charge in [0.25, 0.3) is 0 Å². The van der Waals surface area contributed by atoms with Gasteiger partial charge in [0, 0.05) is 10.7 Å². The first kappa shape index (κ1) is 15.2. The van der Waals surface area contributed by atoms with E-state index in [1.165, 1.54) is 0 Å². The zero-order valence-corrected chi connectivity index (χ0v) is 14.5. The molecule has 106 valence electrons. The summed E-state index contributed by atoms with van der Waals surface area (Å²) in [5.74, 6) is 0.364. The molecule has 0 saturated heterocycles. The Morgan fingerprint density at radius 1 is 1.35 bits per heavy atom. The monoisotopic (exact) mass is 400 g/mol. The fourth-order valence-electron chi connectivity index (χ4n) is 1.81. The van der Waals surface area contributed by atoms with E-state index in [-0.39, 0.29) is 5.91 Å². The second kappa shape index (κ2) is 6.05. The van der Waals surface area contributed by atoms with E-state index in [1.807, 2.05) is 19.9 Å². The number of carbonyl (C=O) groups excluding carboxylic acids is 1. The van der Waals surface area contributed by atoms with Gasteiger partial charge in [-0.15, -0.1) is 0 Å². The van der Waals surface area contributed by atoms with Crippen molar-refractivity contribution in [3.8, 4) is 0 Å². The Hall–Kier alpha value is -1.21. The molecule has 5 nitrogen and oxygen atoms in total. The highest BCUT2D eigenvalue weighted by Gasteiger charge is 2.20. The lowest BCUT2D eigenvalue weighted by atomic mass is 10.3. The van der Waals surface area contributed by atoms with E-state index in [1.54, 1.807) is 23.9 Å².